The average molecular weight is 462 g/mol. The van der Waals surface area contributed by atoms with E-state index in [-0.39, 0.29) is 22.4 Å². The number of benzene rings is 1. The van der Waals surface area contributed by atoms with Crippen LogP contribution in [0.5, 0.6) is 0 Å². The largest absolute Gasteiger partial charge is 0.481 e. The molecule has 2 aromatic rings. The normalized spacial score (nSPS) is 31.1. The Kier molecular flexibility index (Phi) is 4.87. The van der Waals surface area contributed by atoms with Gasteiger partial charge in [0.25, 0.3) is 5.56 Å². The lowest BCUT2D eigenvalue weighted by atomic mass is 9.46. The number of rotatable bonds is 5. The van der Waals surface area contributed by atoms with Crippen molar-refractivity contribution in [2.75, 3.05) is 5.32 Å². The van der Waals surface area contributed by atoms with Crippen LogP contribution in [0.1, 0.15) is 50.5 Å². The number of nitrogens with zero attached hydrogens (tertiary/aromatic N) is 2. The molecule has 6 nitrogen and oxygen atoms in total. The third kappa shape index (κ3) is 3.54. The highest BCUT2D eigenvalue weighted by molar-refractivity contribution is 6.34. The third-order valence-corrected chi connectivity index (χ3v) is 8.12. The van der Waals surface area contributed by atoms with Crippen molar-refractivity contribution >= 4 is 40.5 Å². The topological polar surface area (TPSA) is 84.2 Å². The molecule has 4 bridgehead atoms. The first kappa shape index (κ1) is 20.8. The van der Waals surface area contributed by atoms with Crippen molar-refractivity contribution in [2.45, 2.75) is 57.4 Å². The van der Waals surface area contributed by atoms with Crippen molar-refractivity contribution < 1.29 is 9.90 Å². The van der Waals surface area contributed by atoms with Crippen LogP contribution in [-0.4, -0.2) is 20.9 Å². The van der Waals surface area contributed by atoms with E-state index in [1.807, 2.05) is 25.1 Å². The molecular formula is C23H25Cl2N3O3. The van der Waals surface area contributed by atoms with Gasteiger partial charge in [0.2, 0.25) is 0 Å². The number of carbonyl (C=O) groups is 1. The van der Waals surface area contributed by atoms with Gasteiger partial charge in [0.05, 0.1) is 34.6 Å². The van der Waals surface area contributed by atoms with E-state index in [1.54, 1.807) is 10.9 Å². The van der Waals surface area contributed by atoms with Crippen molar-refractivity contribution in [3.63, 3.8) is 0 Å². The highest BCUT2D eigenvalue weighted by atomic mass is 35.5. The van der Waals surface area contributed by atoms with E-state index in [4.69, 9.17) is 23.2 Å². The van der Waals surface area contributed by atoms with Gasteiger partial charge in [0.1, 0.15) is 5.02 Å². The summed E-state index contributed by atoms with van der Waals surface area (Å²) in [6, 6.07) is 5.60. The number of hydrogen-bond donors (Lipinski definition) is 2. The Morgan fingerprint density at radius 3 is 2.58 bits per heavy atom. The molecule has 4 aliphatic carbocycles. The molecule has 8 heteroatoms. The lowest BCUT2D eigenvalue weighted by molar-refractivity contribution is -0.151. The molecule has 1 aromatic heterocycles. The number of nitrogens with one attached hydrogen (secondary N) is 1. The first-order valence-electron chi connectivity index (χ1n) is 10.7. The molecule has 4 saturated carbocycles. The van der Waals surface area contributed by atoms with E-state index in [0.717, 1.165) is 37.7 Å². The van der Waals surface area contributed by atoms with Crippen molar-refractivity contribution in [1.29, 1.82) is 0 Å². The van der Waals surface area contributed by atoms with Crippen molar-refractivity contribution in [3.8, 4) is 0 Å². The molecule has 164 valence electrons. The summed E-state index contributed by atoms with van der Waals surface area (Å²) in [4.78, 5) is 24.9. The molecule has 6 rings (SSSR count). The maximum atomic E-state index is 13.3. The highest BCUT2D eigenvalue weighted by Gasteiger charge is 2.59. The van der Waals surface area contributed by atoms with Crippen molar-refractivity contribution in [2.24, 2.45) is 17.3 Å². The number of halogens is 2. The van der Waals surface area contributed by atoms with Crippen LogP contribution < -0.4 is 10.9 Å². The zero-order valence-electron chi connectivity index (χ0n) is 17.3. The number of anilines is 2. The van der Waals surface area contributed by atoms with Gasteiger partial charge in [-0.15, -0.1) is 0 Å². The first-order chi connectivity index (χ1) is 14.7. The molecule has 4 aliphatic rings. The first-order valence-corrected chi connectivity index (χ1v) is 11.5. The van der Waals surface area contributed by atoms with Gasteiger partial charge in [-0.25, -0.2) is 4.68 Å². The third-order valence-electron chi connectivity index (χ3n) is 7.44. The smallest absolute Gasteiger partial charge is 0.303 e. The minimum atomic E-state index is -0.759. The van der Waals surface area contributed by atoms with E-state index < -0.39 is 11.5 Å². The second kappa shape index (κ2) is 7.24. The van der Waals surface area contributed by atoms with Crippen molar-refractivity contribution in [3.05, 3.63) is 50.4 Å². The van der Waals surface area contributed by atoms with Crippen LogP contribution in [0.2, 0.25) is 10.0 Å². The van der Waals surface area contributed by atoms with E-state index >= 15 is 0 Å². The number of carboxylic acid groups (broad SMARTS) is 1. The molecule has 1 heterocycles. The van der Waals surface area contributed by atoms with Crippen LogP contribution >= 0.6 is 23.2 Å². The minimum Gasteiger partial charge on any atom is -0.481 e. The summed E-state index contributed by atoms with van der Waals surface area (Å²) in [5.74, 6) is 0.124. The summed E-state index contributed by atoms with van der Waals surface area (Å²) in [5.41, 5.74) is 1.09. The Balaban J connectivity index is 1.50. The molecule has 0 radical (unpaired) electrons. The molecule has 2 atom stereocenters. The van der Waals surface area contributed by atoms with Crippen LogP contribution in [-0.2, 0) is 10.3 Å². The number of aryl methyl sites for hydroxylation is 1. The predicted molar refractivity (Wildman–Crippen MR) is 120 cm³/mol. The fraction of sp³-hybridized carbons (Fsp3) is 0.522. The van der Waals surface area contributed by atoms with Gasteiger partial charge < -0.3 is 10.4 Å². The maximum Gasteiger partial charge on any atom is 0.303 e. The Morgan fingerprint density at radius 1 is 1.23 bits per heavy atom. The average Bonchev–Trinajstić information content (AvgIpc) is 2.65. The van der Waals surface area contributed by atoms with Gasteiger partial charge >= 0.3 is 5.97 Å². The SMILES string of the molecule is Cc1ccc(Nc2cnn(C34C[C@H]5C[C@@H](CC(CC(=O)O)(C5)C3)C4)c(=O)c2Cl)c(Cl)c1. The van der Waals surface area contributed by atoms with Crippen molar-refractivity contribution in [1.82, 2.24) is 9.78 Å². The summed E-state index contributed by atoms with van der Waals surface area (Å²) in [5, 5.41) is 17.8. The van der Waals surface area contributed by atoms with Crippen LogP contribution in [0.25, 0.3) is 0 Å². The summed E-state index contributed by atoms with van der Waals surface area (Å²) < 4.78 is 1.56. The zero-order chi connectivity index (χ0) is 22.0. The van der Waals surface area contributed by atoms with E-state index in [2.05, 4.69) is 10.4 Å². The molecular weight excluding hydrogens is 437 g/mol. The predicted octanol–water partition coefficient (Wildman–Crippen LogP) is 5.37. The van der Waals surface area contributed by atoms with Crippen LogP contribution in [0.15, 0.2) is 29.2 Å². The molecule has 0 aliphatic heterocycles. The molecule has 0 unspecified atom stereocenters. The molecule has 0 saturated heterocycles. The van der Waals surface area contributed by atoms with Crippen LogP contribution in [0.4, 0.5) is 11.4 Å². The summed E-state index contributed by atoms with van der Waals surface area (Å²) in [6.45, 7) is 1.95. The number of carboxylic acids is 1. The summed E-state index contributed by atoms with van der Waals surface area (Å²) in [7, 11) is 0. The molecule has 0 amide bonds. The molecule has 0 spiro atoms. The second-order valence-corrected chi connectivity index (χ2v) is 10.7. The summed E-state index contributed by atoms with van der Waals surface area (Å²) in [6.07, 6.45) is 7.15. The fourth-order valence-electron chi connectivity index (χ4n) is 6.90. The van der Waals surface area contributed by atoms with Crippen LogP contribution in [0.3, 0.4) is 0 Å². The Morgan fingerprint density at radius 2 is 1.94 bits per heavy atom. The van der Waals surface area contributed by atoms with Gasteiger partial charge in [-0.3, -0.25) is 9.59 Å². The molecule has 31 heavy (non-hydrogen) atoms. The van der Waals surface area contributed by atoms with Crippen LogP contribution in [0, 0.1) is 24.2 Å². The Hall–Kier alpha value is -2.05. The van der Waals surface area contributed by atoms with Gasteiger partial charge in [-0.05, 0) is 80.4 Å². The molecule has 1 aromatic carbocycles. The zero-order valence-corrected chi connectivity index (χ0v) is 18.8. The van der Waals surface area contributed by atoms with Gasteiger partial charge in [0.15, 0.2) is 0 Å². The number of aliphatic carboxylic acids is 1. The van der Waals surface area contributed by atoms with Gasteiger partial charge in [0, 0.05) is 0 Å². The Labute approximate surface area is 190 Å². The quantitative estimate of drug-likeness (QED) is 0.624. The maximum absolute atomic E-state index is 13.3. The lowest BCUT2D eigenvalue weighted by Crippen LogP contribution is -2.59. The van der Waals surface area contributed by atoms with E-state index in [9.17, 15) is 14.7 Å². The van der Waals surface area contributed by atoms with E-state index in [1.165, 1.54) is 0 Å². The van der Waals surface area contributed by atoms with Gasteiger partial charge in [-0.1, -0.05) is 29.3 Å². The number of hydrogen-bond acceptors (Lipinski definition) is 4. The second-order valence-electron chi connectivity index (χ2n) is 9.95. The lowest BCUT2D eigenvalue weighted by Gasteiger charge is -2.61. The summed E-state index contributed by atoms with van der Waals surface area (Å²) >= 11 is 12.8. The molecule has 4 fully saturated rings. The standard InChI is InChI=1S/C23H25Cl2N3O3/c1-13-2-3-17(16(24)4-13)27-18-11-26-28(21(31)20(18)25)23-8-14-5-15(9-23)7-22(6-14,12-23)10-19(29)30/h2-4,11,14-15,27H,5-10,12H2,1H3,(H,29,30)/t14-,15-,22?,23?/m0/s1. The highest BCUT2D eigenvalue weighted by Crippen LogP contribution is 2.65. The fourth-order valence-corrected chi connectivity index (χ4v) is 7.36. The Bertz CT molecular complexity index is 1120. The van der Waals surface area contributed by atoms with Gasteiger partial charge in [-0.2, -0.15) is 5.10 Å². The number of aromatic nitrogens is 2. The molecule has 2 N–H and O–H groups in total. The van der Waals surface area contributed by atoms with E-state index in [0.29, 0.717) is 34.7 Å². The minimum absolute atomic E-state index is 0.0784. The monoisotopic (exact) mass is 461 g/mol.